The van der Waals surface area contributed by atoms with Crippen molar-refractivity contribution in [3.8, 4) is 11.5 Å². The summed E-state index contributed by atoms with van der Waals surface area (Å²) >= 11 is 0. The molecule has 0 aromatic heterocycles. The summed E-state index contributed by atoms with van der Waals surface area (Å²) in [6.07, 6.45) is 1.78. The third-order valence-electron chi connectivity index (χ3n) is 2.38. The Hall–Kier alpha value is -1.18. The maximum Gasteiger partial charge on any atom is 0.122 e. The minimum Gasteiger partial charge on any atom is -0.508 e. The van der Waals surface area contributed by atoms with Crippen LogP contribution in [0.25, 0.3) is 0 Å². The van der Waals surface area contributed by atoms with Gasteiger partial charge in [0.05, 0.1) is 0 Å². The van der Waals surface area contributed by atoms with Crippen LogP contribution in [0.15, 0.2) is 18.2 Å². The van der Waals surface area contributed by atoms with Crippen molar-refractivity contribution in [3.63, 3.8) is 0 Å². The number of rotatable bonds is 3. The van der Waals surface area contributed by atoms with Crippen LogP contribution in [0.2, 0.25) is 0 Å². The summed E-state index contributed by atoms with van der Waals surface area (Å²) in [6, 6.07) is 4.86. The van der Waals surface area contributed by atoms with Gasteiger partial charge in [0.1, 0.15) is 11.5 Å². The molecule has 1 aromatic rings. The molecule has 1 aromatic carbocycles. The highest BCUT2D eigenvalue weighted by molar-refractivity contribution is 5.43. The summed E-state index contributed by atoms with van der Waals surface area (Å²) in [5.74, 6) is 0.875. The van der Waals surface area contributed by atoms with E-state index in [1.165, 1.54) is 0 Å². The second-order valence-corrected chi connectivity index (χ2v) is 3.49. The van der Waals surface area contributed by atoms with Crippen molar-refractivity contribution in [2.45, 2.75) is 26.7 Å². The molecule has 0 aliphatic heterocycles. The molecule has 0 radical (unpaired) electrons. The van der Waals surface area contributed by atoms with Crippen LogP contribution in [0.4, 0.5) is 0 Å². The zero-order valence-electron chi connectivity index (χ0n) is 8.12. The first kappa shape index (κ1) is 9.90. The van der Waals surface area contributed by atoms with Gasteiger partial charge in [0.15, 0.2) is 0 Å². The predicted octanol–water partition coefficient (Wildman–Crippen LogP) is 2.69. The lowest BCUT2D eigenvalue weighted by molar-refractivity contribution is 0.425. The van der Waals surface area contributed by atoms with E-state index in [0.717, 1.165) is 12.8 Å². The highest BCUT2D eigenvalue weighted by Gasteiger charge is 2.09. The van der Waals surface area contributed by atoms with Crippen LogP contribution < -0.4 is 0 Å². The predicted molar refractivity (Wildman–Crippen MR) is 52.9 cm³/mol. The molecule has 2 heteroatoms. The molecule has 2 nitrogen and oxygen atoms in total. The van der Waals surface area contributed by atoms with Crippen molar-refractivity contribution in [2.75, 3.05) is 0 Å². The molecule has 72 valence electrons. The lowest BCUT2D eigenvalue weighted by Crippen LogP contribution is -1.98. The molecule has 0 amide bonds. The normalized spacial score (nSPS) is 12.8. The first-order valence-electron chi connectivity index (χ1n) is 4.65. The topological polar surface area (TPSA) is 40.5 Å². The second kappa shape index (κ2) is 4.17. The van der Waals surface area contributed by atoms with E-state index < -0.39 is 0 Å². The highest BCUT2D eigenvalue weighted by atomic mass is 16.3. The molecule has 0 saturated heterocycles. The van der Waals surface area contributed by atoms with E-state index >= 15 is 0 Å². The van der Waals surface area contributed by atoms with Crippen molar-refractivity contribution in [2.24, 2.45) is 5.92 Å². The SMILES string of the molecule is CCC(C)Cc1c(O)cccc1O. The third-order valence-corrected chi connectivity index (χ3v) is 2.38. The van der Waals surface area contributed by atoms with E-state index in [2.05, 4.69) is 13.8 Å². The quantitative estimate of drug-likeness (QED) is 0.750. The Morgan fingerprint density at radius 2 is 1.77 bits per heavy atom. The van der Waals surface area contributed by atoms with Crippen LogP contribution in [0.1, 0.15) is 25.8 Å². The molecular weight excluding hydrogens is 164 g/mol. The van der Waals surface area contributed by atoms with E-state index in [-0.39, 0.29) is 11.5 Å². The van der Waals surface area contributed by atoms with Crippen molar-refractivity contribution >= 4 is 0 Å². The molecular formula is C11H16O2. The molecule has 0 fully saturated rings. The fourth-order valence-electron chi connectivity index (χ4n) is 1.26. The van der Waals surface area contributed by atoms with Crippen LogP contribution in [0.3, 0.4) is 0 Å². The van der Waals surface area contributed by atoms with Crippen molar-refractivity contribution in [1.29, 1.82) is 0 Å². The van der Waals surface area contributed by atoms with Crippen LogP contribution in [-0.4, -0.2) is 10.2 Å². The average Bonchev–Trinajstić information content (AvgIpc) is 2.11. The number of hydrogen-bond donors (Lipinski definition) is 2. The Bertz CT molecular complexity index is 261. The molecule has 0 saturated carbocycles. The van der Waals surface area contributed by atoms with Crippen LogP contribution >= 0.6 is 0 Å². The van der Waals surface area contributed by atoms with Gasteiger partial charge in [-0.2, -0.15) is 0 Å². The van der Waals surface area contributed by atoms with Crippen molar-refractivity contribution in [1.82, 2.24) is 0 Å². The Morgan fingerprint density at radius 3 is 2.23 bits per heavy atom. The van der Waals surface area contributed by atoms with Gasteiger partial charge in [0.25, 0.3) is 0 Å². The third kappa shape index (κ3) is 2.38. The maximum absolute atomic E-state index is 9.48. The Balaban J connectivity index is 2.87. The van der Waals surface area contributed by atoms with Gasteiger partial charge < -0.3 is 10.2 Å². The molecule has 0 heterocycles. The number of benzene rings is 1. The Morgan fingerprint density at radius 1 is 1.23 bits per heavy atom. The van der Waals surface area contributed by atoms with E-state index in [0.29, 0.717) is 11.5 Å². The summed E-state index contributed by atoms with van der Waals surface area (Å²) in [5, 5.41) is 19.0. The van der Waals surface area contributed by atoms with Gasteiger partial charge in [-0.15, -0.1) is 0 Å². The van der Waals surface area contributed by atoms with Crippen molar-refractivity contribution < 1.29 is 10.2 Å². The highest BCUT2D eigenvalue weighted by Crippen LogP contribution is 2.29. The van der Waals surface area contributed by atoms with E-state index in [1.54, 1.807) is 18.2 Å². The maximum atomic E-state index is 9.48. The van der Waals surface area contributed by atoms with Crippen LogP contribution in [0, 0.1) is 5.92 Å². The summed E-state index contributed by atoms with van der Waals surface area (Å²) < 4.78 is 0. The molecule has 1 atom stereocenters. The average molecular weight is 180 g/mol. The van der Waals surface area contributed by atoms with Crippen LogP contribution in [-0.2, 0) is 6.42 Å². The van der Waals surface area contributed by atoms with Gasteiger partial charge in [-0.25, -0.2) is 0 Å². The Kier molecular flexibility index (Phi) is 3.18. The molecule has 1 unspecified atom stereocenters. The molecule has 0 spiro atoms. The lowest BCUT2D eigenvalue weighted by Gasteiger charge is -2.11. The van der Waals surface area contributed by atoms with Gasteiger partial charge >= 0.3 is 0 Å². The molecule has 13 heavy (non-hydrogen) atoms. The number of phenolic OH excluding ortho intramolecular Hbond substituents is 2. The Labute approximate surface area is 78.8 Å². The number of hydrogen-bond acceptors (Lipinski definition) is 2. The standard InChI is InChI=1S/C11H16O2/c1-3-8(2)7-9-10(12)5-4-6-11(9)13/h4-6,8,12-13H,3,7H2,1-2H3. The van der Waals surface area contributed by atoms with Gasteiger partial charge in [0.2, 0.25) is 0 Å². The number of phenols is 2. The molecule has 0 bridgehead atoms. The van der Waals surface area contributed by atoms with Gasteiger partial charge in [-0.05, 0) is 24.5 Å². The van der Waals surface area contributed by atoms with Gasteiger partial charge in [-0.3, -0.25) is 0 Å². The molecule has 1 rings (SSSR count). The minimum atomic E-state index is 0.195. The van der Waals surface area contributed by atoms with E-state index in [1.807, 2.05) is 0 Å². The first-order chi connectivity index (χ1) is 6.15. The molecule has 2 N–H and O–H groups in total. The smallest absolute Gasteiger partial charge is 0.122 e. The minimum absolute atomic E-state index is 0.195. The van der Waals surface area contributed by atoms with E-state index in [4.69, 9.17) is 0 Å². The summed E-state index contributed by atoms with van der Waals surface area (Å²) in [7, 11) is 0. The zero-order valence-corrected chi connectivity index (χ0v) is 8.12. The fourth-order valence-corrected chi connectivity index (χ4v) is 1.26. The van der Waals surface area contributed by atoms with Gasteiger partial charge in [0, 0.05) is 5.56 Å². The monoisotopic (exact) mass is 180 g/mol. The summed E-state index contributed by atoms with van der Waals surface area (Å²) in [5.41, 5.74) is 0.664. The zero-order chi connectivity index (χ0) is 9.84. The molecule has 0 aliphatic rings. The van der Waals surface area contributed by atoms with Crippen LogP contribution in [0.5, 0.6) is 11.5 Å². The number of aromatic hydroxyl groups is 2. The fraction of sp³-hybridized carbons (Fsp3) is 0.455. The van der Waals surface area contributed by atoms with E-state index in [9.17, 15) is 10.2 Å². The van der Waals surface area contributed by atoms with Crippen molar-refractivity contribution in [3.05, 3.63) is 23.8 Å². The first-order valence-corrected chi connectivity index (χ1v) is 4.65. The lowest BCUT2D eigenvalue weighted by atomic mass is 9.97. The van der Waals surface area contributed by atoms with Gasteiger partial charge in [-0.1, -0.05) is 26.3 Å². The summed E-state index contributed by atoms with van der Waals surface area (Å²) in [6.45, 7) is 4.20. The second-order valence-electron chi connectivity index (χ2n) is 3.49. The largest absolute Gasteiger partial charge is 0.508 e. The summed E-state index contributed by atoms with van der Waals surface area (Å²) in [4.78, 5) is 0. The molecule has 0 aliphatic carbocycles.